The summed E-state index contributed by atoms with van der Waals surface area (Å²) in [5.74, 6) is -0.00427. The smallest absolute Gasteiger partial charge is 0.306 e. The van der Waals surface area contributed by atoms with Gasteiger partial charge in [0.2, 0.25) is 5.91 Å². The summed E-state index contributed by atoms with van der Waals surface area (Å²) in [6.07, 6.45) is 1.08. The first kappa shape index (κ1) is 14.6. The van der Waals surface area contributed by atoms with Crippen LogP contribution in [0.25, 0.3) is 0 Å². The molecule has 1 aliphatic heterocycles. The lowest BCUT2D eigenvalue weighted by atomic mass is 10.5. The minimum Gasteiger partial charge on any atom is -0.306 e. The van der Waals surface area contributed by atoms with Gasteiger partial charge in [0, 0.05) is 24.3 Å². The van der Waals surface area contributed by atoms with E-state index in [0.717, 1.165) is 11.2 Å². The van der Waals surface area contributed by atoms with Crippen molar-refractivity contribution >= 4 is 45.1 Å². The van der Waals surface area contributed by atoms with E-state index < -0.39 is 27.1 Å². The topological polar surface area (TPSA) is 83.6 Å². The molecule has 1 N–H and O–H groups in total. The van der Waals surface area contributed by atoms with Gasteiger partial charge in [0.15, 0.2) is 9.84 Å². The summed E-state index contributed by atoms with van der Waals surface area (Å²) in [5, 5.41) is 1.16. The van der Waals surface area contributed by atoms with Gasteiger partial charge in [0.05, 0.1) is 0 Å². The average molecular weight is 301 g/mol. The number of carbonyl (C=O) groups is 2. The molecule has 0 aliphatic carbocycles. The van der Waals surface area contributed by atoms with Gasteiger partial charge in [-0.15, -0.1) is 11.6 Å². The van der Waals surface area contributed by atoms with Crippen molar-refractivity contribution in [2.45, 2.75) is 5.37 Å². The molecular formula is C8H13ClN2O4S2. The molecule has 1 unspecified atom stereocenters. The maximum atomic E-state index is 11.7. The number of imide groups is 1. The first-order valence-corrected chi connectivity index (χ1v) is 8.43. The highest BCUT2D eigenvalue weighted by atomic mass is 35.5. The zero-order chi connectivity index (χ0) is 13.1. The monoisotopic (exact) mass is 300 g/mol. The van der Waals surface area contributed by atoms with Crippen LogP contribution in [0, 0.1) is 0 Å². The van der Waals surface area contributed by atoms with Gasteiger partial charge in [-0.2, -0.15) is 11.8 Å². The van der Waals surface area contributed by atoms with Crippen molar-refractivity contribution in [3.63, 3.8) is 0 Å². The molecule has 17 heavy (non-hydrogen) atoms. The van der Waals surface area contributed by atoms with Gasteiger partial charge in [-0.3, -0.25) is 10.1 Å². The number of urea groups is 1. The van der Waals surface area contributed by atoms with Gasteiger partial charge < -0.3 is 4.90 Å². The molecule has 1 aliphatic rings. The van der Waals surface area contributed by atoms with Crippen molar-refractivity contribution in [1.82, 2.24) is 10.2 Å². The second kappa shape index (κ2) is 5.92. The second-order valence-electron chi connectivity index (χ2n) is 3.54. The lowest BCUT2D eigenvalue weighted by molar-refractivity contribution is -0.117. The van der Waals surface area contributed by atoms with Crippen LogP contribution in [-0.2, 0) is 14.6 Å². The first-order valence-electron chi connectivity index (χ1n) is 4.79. The van der Waals surface area contributed by atoms with Crippen LogP contribution in [0.4, 0.5) is 4.79 Å². The minimum absolute atomic E-state index is 0.295. The molecule has 0 spiro atoms. The summed E-state index contributed by atoms with van der Waals surface area (Å²) < 4.78 is 23.0. The normalized spacial score (nSPS) is 21.1. The Hall–Kier alpha value is -0.470. The first-order chi connectivity index (χ1) is 7.86. The number of hydrogen-bond donors (Lipinski definition) is 1. The largest absolute Gasteiger partial charge is 0.325 e. The lowest BCUT2D eigenvalue weighted by Gasteiger charge is -2.33. The number of sulfone groups is 1. The number of halogens is 1. The molecule has 0 saturated carbocycles. The number of nitrogens with zero attached hydrogens (tertiary/aromatic N) is 1. The zero-order valence-electron chi connectivity index (χ0n) is 9.18. The lowest BCUT2D eigenvalue weighted by Crippen LogP contribution is -2.54. The van der Waals surface area contributed by atoms with Gasteiger partial charge >= 0.3 is 6.03 Å². The van der Waals surface area contributed by atoms with E-state index in [1.54, 1.807) is 0 Å². The highest BCUT2D eigenvalue weighted by molar-refractivity contribution is 8.00. The number of carbonyl (C=O) groups excluding carboxylic acids is 2. The molecule has 0 bridgehead atoms. The fourth-order valence-electron chi connectivity index (χ4n) is 1.39. The third kappa shape index (κ3) is 4.04. The van der Waals surface area contributed by atoms with Crippen molar-refractivity contribution < 1.29 is 18.0 Å². The molecule has 1 saturated heterocycles. The molecule has 3 amide bonds. The quantitative estimate of drug-likeness (QED) is 0.719. The van der Waals surface area contributed by atoms with E-state index in [1.807, 2.05) is 5.32 Å². The van der Waals surface area contributed by atoms with Gasteiger partial charge in [-0.05, 0) is 0 Å². The molecule has 1 fully saturated rings. The molecule has 1 atom stereocenters. The van der Waals surface area contributed by atoms with Crippen LogP contribution in [0.2, 0.25) is 0 Å². The van der Waals surface area contributed by atoms with E-state index in [9.17, 15) is 18.0 Å². The van der Waals surface area contributed by atoms with E-state index in [2.05, 4.69) is 0 Å². The number of thioether (sulfide) groups is 1. The van der Waals surface area contributed by atoms with Crippen LogP contribution >= 0.6 is 23.4 Å². The van der Waals surface area contributed by atoms with E-state index in [4.69, 9.17) is 11.6 Å². The molecule has 6 nitrogen and oxygen atoms in total. The number of amides is 3. The summed E-state index contributed by atoms with van der Waals surface area (Å²) in [7, 11) is -3.36. The molecule has 1 heterocycles. The van der Waals surface area contributed by atoms with Gasteiger partial charge in [-0.25, -0.2) is 13.2 Å². The van der Waals surface area contributed by atoms with Crippen molar-refractivity contribution in [2.75, 3.05) is 30.2 Å². The Kier molecular flexibility index (Phi) is 5.08. The Balaban J connectivity index is 2.78. The van der Waals surface area contributed by atoms with Crippen molar-refractivity contribution in [3.05, 3.63) is 0 Å². The number of alkyl halides is 1. The summed E-state index contributed by atoms with van der Waals surface area (Å²) in [6.45, 7) is 0.295. The highest BCUT2D eigenvalue weighted by Crippen LogP contribution is 2.20. The fourth-order valence-corrected chi connectivity index (χ4v) is 4.27. The van der Waals surface area contributed by atoms with Gasteiger partial charge in [0.25, 0.3) is 0 Å². The Labute approximate surface area is 109 Å². The van der Waals surface area contributed by atoms with Crippen molar-refractivity contribution in [2.24, 2.45) is 0 Å². The van der Waals surface area contributed by atoms with E-state index in [-0.39, 0.29) is 5.88 Å². The second-order valence-corrected chi connectivity index (χ2v) is 7.16. The summed E-state index contributed by atoms with van der Waals surface area (Å²) in [5.41, 5.74) is 0. The zero-order valence-corrected chi connectivity index (χ0v) is 11.6. The molecule has 0 aromatic carbocycles. The SMILES string of the molecule is CS(=O)(=O)C1CSCCN1C(=O)NC(=O)CCl. The molecule has 98 valence electrons. The Morgan fingerprint density at radius 1 is 1.53 bits per heavy atom. The van der Waals surface area contributed by atoms with Crippen LogP contribution < -0.4 is 5.32 Å². The third-order valence-electron chi connectivity index (χ3n) is 2.21. The molecule has 0 aromatic rings. The molecule has 1 rings (SSSR count). The van der Waals surface area contributed by atoms with Crippen LogP contribution in [0.5, 0.6) is 0 Å². The Morgan fingerprint density at radius 2 is 2.18 bits per heavy atom. The Bertz CT molecular complexity index is 412. The van der Waals surface area contributed by atoms with E-state index in [0.29, 0.717) is 18.1 Å². The Morgan fingerprint density at radius 3 is 2.71 bits per heavy atom. The fraction of sp³-hybridized carbons (Fsp3) is 0.750. The highest BCUT2D eigenvalue weighted by Gasteiger charge is 2.34. The maximum absolute atomic E-state index is 11.7. The molecule has 0 aromatic heterocycles. The van der Waals surface area contributed by atoms with E-state index >= 15 is 0 Å². The van der Waals surface area contributed by atoms with Crippen LogP contribution in [0.15, 0.2) is 0 Å². The van der Waals surface area contributed by atoms with Crippen LogP contribution in [0.3, 0.4) is 0 Å². The summed E-state index contributed by atoms with van der Waals surface area (Å²) >= 11 is 6.72. The number of rotatable bonds is 2. The van der Waals surface area contributed by atoms with Crippen LogP contribution in [0.1, 0.15) is 0 Å². The third-order valence-corrected chi connectivity index (χ3v) is 5.09. The van der Waals surface area contributed by atoms with Gasteiger partial charge in [-0.1, -0.05) is 0 Å². The molecular weight excluding hydrogens is 288 g/mol. The van der Waals surface area contributed by atoms with Crippen molar-refractivity contribution in [1.29, 1.82) is 0 Å². The molecule has 0 radical (unpaired) electrons. The minimum atomic E-state index is -3.36. The van der Waals surface area contributed by atoms with Crippen molar-refractivity contribution in [3.8, 4) is 0 Å². The van der Waals surface area contributed by atoms with Gasteiger partial charge in [0.1, 0.15) is 11.3 Å². The predicted molar refractivity (Wildman–Crippen MR) is 66.9 cm³/mol. The summed E-state index contributed by atoms with van der Waals surface area (Å²) in [4.78, 5) is 23.8. The molecule has 9 heteroatoms. The average Bonchev–Trinajstić information content (AvgIpc) is 2.27. The standard InChI is InChI=1S/C8H13ClN2O4S2/c1-17(14,15)7-5-16-3-2-11(7)8(13)10-6(12)4-9/h7H,2-5H2,1H3,(H,10,12,13). The van der Waals surface area contributed by atoms with E-state index in [1.165, 1.54) is 11.8 Å². The predicted octanol–water partition coefficient (Wildman–Crippen LogP) is -0.119. The summed E-state index contributed by atoms with van der Waals surface area (Å²) in [6, 6.07) is -0.702. The maximum Gasteiger partial charge on any atom is 0.325 e. The number of nitrogens with one attached hydrogen (secondary N) is 1. The van der Waals surface area contributed by atoms with Crippen LogP contribution in [-0.4, -0.2) is 60.8 Å². The number of hydrogen-bond acceptors (Lipinski definition) is 5.